The summed E-state index contributed by atoms with van der Waals surface area (Å²) in [6.45, 7) is 3.39. The number of hydrogen-bond acceptors (Lipinski definition) is 2. The van der Waals surface area contributed by atoms with Gasteiger partial charge < -0.3 is 10.2 Å². The van der Waals surface area contributed by atoms with Gasteiger partial charge in [-0.2, -0.15) is 0 Å². The number of hydrogen-bond donors (Lipinski definition) is 1. The van der Waals surface area contributed by atoms with Gasteiger partial charge in [-0.15, -0.1) is 0 Å². The lowest BCUT2D eigenvalue weighted by Crippen LogP contribution is -2.55. The maximum atomic E-state index is 11.6. The molecule has 120 valence electrons. The molecule has 1 atom stereocenters. The van der Waals surface area contributed by atoms with Gasteiger partial charge >= 0.3 is 0 Å². The highest BCUT2D eigenvalue weighted by atomic mass is 16.2. The molecule has 0 spiro atoms. The van der Waals surface area contributed by atoms with Crippen LogP contribution < -0.4 is 5.32 Å². The van der Waals surface area contributed by atoms with Crippen molar-refractivity contribution in [1.29, 1.82) is 0 Å². The molecule has 4 aliphatic carbocycles. The average molecular weight is 292 g/mol. The second kappa shape index (κ2) is 5.91. The molecule has 1 amide bonds. The Morgan fingerprint density at radius 2 is 1.67 bits per heavy atom. The third kappa shape index (κ3) is 3.13. The van der Waals surface area contributed by atoms with E-state index >= 15 is 0 Å². The molecule has 1 N–H and O–H groups in total. The Labute approximate surface area is 129 Å². The van der Waals surface area contributed by atoms with Crippen LogP contribution in [-0.2, 0) is 4.79 Å². The van der Waals surface area contributed by atoms with E-state index in [1.807, 2.05) is 14.1 Å². The monoisotopic (exact) mass is 292 g/mol. The van der Waals surface area contributed by atoms with E-state index < -0.39 is 0 Å². The van der Waals surface area contributed by atoms with Crippen LogP contribution in [0.2, 0.25) is 0 Å². The van der Waals surface area contributed by atoms with Gasteiger partial charge in [-0.25, -0.2) is 0 Å². The first-order valence-electron chi connectivity index (χ1n) is 8.92. The van der Waals surface area contributed by atoms with Crippen molar-refractivity contribution in [3.05, 3.63) is 0 Å². The van der Waals surface area contributed by atoms with Gasteiger partial charge in [-0.1, -0.05) is 0 Å². The molecule has 4 aliphatic rings. The fourth-order valence-electron chi connectivity index (χ4n) is 5.71. The fourth-order valence-corrected chi connectivity index (χ4v) is 5.71. The van der Waals surface area contributed by atoms with E-state index in [9.17, 15) is 4.79 Å². The van der Waals surface area contributed by atoms with E-state index in [0.29, 0.717) is 17.9 Å². The molecule has 0 aromatic heterocycles. The van der Waals surface area contributed by atoms with Gasteiger partial charge in [0.05, 0.1) is 0 Å². The molecule has 0 aromatic rings. The summed E-state index contributed by atoms with van der Waals surface area (Å²) in [5, 5.41) is 3.76. The predicted octanol–water partition coefficient (Wildman–Crippen LogP) is 3.05. The Kier molecular flexibility index (Phi) is 4.31. The number of amides is 1. The van der Waals surface area contributed by atoms with Crippen molar-refractivity contribution in [2.24, 2.45) is 23.2 Å². The molecule has 0 heterocycles. The van der Waals surface area contributed by atoms with Gasteiger partial charge in [0.1, 0.15) is 0 Å². The van der Waals surface area contributed by atoms with Crippen LogP contribution in [0.5, 0.6) is 0 Å². The summed E-state index contributed by atoms with van der Waals surface area (Å²) in [6.07, 6.45) is 10.6. The minimum atomic E-state index is 0.249. The van der Waals surface area contributed by atoms with E-state index in [2.05, 4.69) is 12.2 Å². The standard InChI is InChI=1S/C18H32N2O/c1-13(19-6-4-5-17(21)20(2)3)18-10-14-7-15(11-18)9-16(8-14)12-18/h13-16,19H,4-12H2,1-3H3. The summed E-state index contributed by atoms with van der Waals surface area (Å²) in [7, 11) is 3.68. The first-order chi connectivity index (χ1) is 9.98. The summed E-state index contributed by atoms with van der Waals surface area (Å²) in [4.78, 5) is 13.3. The molecule has 3 heteroatoms. The van der Waals surface area contributed by atoms with Gasteiger partial charge in [0.25, 0.3) is 0 Å². The number of nitrogens with zero attached hydrogens (tertiary/aromatic N) is 1. The predicted molar refractivity (Wildman–Crippen MR) is 86.0 cm³/mol. The normalized spacial score (nSPS) is 38.5. The molecule has 3 nitrogen and oxygen atoms in total. The summed E-state index contributed by atoms with van der Waals surface area (Å²) < 4.78 is 0. The number of nitrogens with one attached hydrogen (secondary N) is 1. The Morgan fingerprint density at radius 1 is 1.14 bits per heavy atom. The lowest BCUT2D eigenvalue weighted by Gasteiger charge is -2.59. The summed E-state index contributed by atoms with van der Waals surface area (Å²) in [5.74, 6) is 3.32. The van der Waals surface area contributed by atoms with E-state index in [-0.39, 0.29) is 5.91 Å². The van der Waals surface area contributed by atoms with E-state index in [1.165, 1.54) is 38.5 Å². The van der Waals surface area contributed by atoms with Gasteiger partial charge in [-0.05, 0) is 81.6 Å². The second-order valence-corrected chi connectivity index (χ2v) is 8.35. The van der Waals surface area contributed by atoms with Crippen LogP contribution in [-0.4, -0.2) is 37.5 Å². The molecular weight excluding hydrogens is 260 g/mol. The molecule has 4 bridgehead atoms. The van der Waals surface area contributed by atoms with Gasteiger partial charge in [-0.3, -0.25) is 4.79 Å². The minimum absolute atomic E-state index is 0.249. The van der Waals surface area contributed by atoms with Crippen molar-refractivity contribution >= 4 is 5.91 Å². The third-order valence-electron chi connectivity index (χ3n) is 6.52. The van der Waals surface area contributed by atoms with Gasteiger partial charge in [0.2, 0.25) is 5.91 Å². The van der Waals surface area contributed by atoms with E-state index in [4.69, 9.17) is 0 Å². The fraction of sp³-hybridized carbons (Fsp3) is 0.944. The number of carbonyl (C=O) groups excluding carboxylic acids is 1. The van der Waals surface area contributed by atoms with Crippen LogP contribution in [0, 0.1) is 23.2 Å². The zero-order chi connectivity index (χ0) is 15.0. The lowest BCUT2D eigenvalue weighted by atomic mass is 9.48. The molecule has 21 heavy (non-hydrogen) atoms. The molecular formula is C18H32N2O. The zero-order valence-electron chi connectivity index (χ0n) is 14.0. The highest BCUT2D eigenvalue weighted by Gasteiger charge is 2.52. The third-order valence-corrected chi connectivity index (χ3v) is 6.52. The molecule has 1 unspecified atom stereocenters. The first kappa shape index (κ1) is 15.3. The van der Waals surface area contributed by atoms with Crippen molar-refractivity contribution in [2.75, 3.05) is 20.6 Å². The number of carbonyl (C=O) groups is 1. The van der Waals surface area contributed by atoms with Crippen LogP contribution in [0.25, 0.3) is 0 Å². The van der Waals surface area contributed by atoms with Gasteiger partial charge in [0, 0.05) is 26.6 Å². The average Bonchev–Trinajstić information content (AvgIpc) is 2.41. The van der Waals surface area contributed by atoms with Crippen molar-refractivity contribution in [3.63, 3.8) is 0 Å². The van der Waals surface area contributed by atoms with Crippen LogP contribution in [0.1, 0.15) is 58.3 Å². The topological polar surface area (TPSA) is 32.3 Å². The lowest BCUT2D eigenvalue weighted by molar-refractivity contribution is -0.128. The second-order valence-electron chi connectivity index (χ2n) is 8.35. The van der Waals surface area contributed by atoms with E-state index in [0.717, 1.165) is 30.7 Å². The Morgan fingerprint density at radius 3 is 2.14 bits per heavy atom. The molecule has 0 saturated heterocycles. The summed E-state index contributed by atoms with van der Waals surface area (Å²) in [5.41, 5.74) is 0.584. The van der Waals surface area contributed by atoms with Crippen LogP contribution in [0.3, 0.4) is 0 Å². The quantitative estimate of drug-likeness (QED) is 0.763. The van der Waals surface area contributed by atoms with Crippen LogP contribution in [0.4, 0.5) is 0 Å². The van der Waals surface area contributed by atoms with Crippen molar-refractivity contribution in [2.45, 2.75) is 64.3 Å². The first-order valence-corrected chi connectivity index (χ1v) is 8.92. The molecule has 4 rings (SSSR count). The Hall–Kier alpha value is -0.570. The van der Waals surface area contributed by atoms with Crippen molar-refractivity contribution < 1.29 is 4.79 Å². The molecule has 0 radical (unpaired) electrons. The van der Waals surface area contributed by atoms with Crippen molar-refractivity contribution in [1.82, 2.24) is 10.2 Å². The highest BCUT2D eigenvalue weighted by Crippen LogP contribution is 2.61. The number of rotatable bonds is 6. The molecule has 4 saturated carbocycles. The summed E-state index contributed by atoms with van der Waals surface area (Å²) >= 11 is 0. The SMILES string of the molecule is CC(NCCCC(=O)N(C)C)C12CC3CC(CC(C3)C1)C2. The Balaban J connectivity index is 1.47. The largest absolute Gasteiger partial charge is 0.349 e. The minimum Gasteiger partial charge on any atom is -0.349 e. The molecule has 0 aromatic carbocycles. The maximum Gasteiger partial charge on any atom is 0.222 e. The van der Waals surface area contributed by atoms with E-state index in [1.54, 1.807) is 4.90 Å². The van der Waals surface area contributed by atoms with Gasteiger partial charge in [0.15, 0.2) is 0 Å². The molecule has 0 aliphatic heterocycles. The maximum absolute atomic E-state index is 11.6. The van der Waals surface area contributed by atoms with Crippen molar-refractivity contribution in [3.8, 4) is 0 Å². The van der Waals surface area contributed by atoms with Crippen LogP contribution >= 0.6 is 0 Å². The van der Waals surface area contributed by atoms with Crippen LogP contribution in [0.15, 0.2) is 0 Å². The molecule has 4 fully saturated rings. The highest BCUT2D eigenvalue weighted by molar-refractivity contribution is 5.75. The summed E-state index contributed by atoms with van der Waals surface area (Å²) in [6, 6.07) is 0.625. The smallest absolute Gasteiger partial charge is 0.222 e. The Bertz CT molecular complexity index is 355. The zero-order valence-corrected chi connectivity index (χ0v) is 14.0.